The number of carbonyl (C=O) groups is 3. The van der Waals surface area contributed by atoms with Crippen LogP contribution in [0.3, 0.4) is 0 Å². The Balaban J connectivity index is 1.94. The van der Waals surface area contributed by atoms with E-state index in [0.717, 1.165) is 32.1 Å². The fraction of sp³-hybridized carbons (Fsp3) is 0.452. The molecule has 8 nitrogen and oxygen atoms in total. The van der Waals surface area contributed by atoms with E-state index in [1.54, 1.807) is 64.2 Å². The minimum atomic E-state index is -1.04. The van der Waals surface area contributed by atoms with E-state index in [-0.39, 0.29) is 24.1 Å². The lowest BCUT2D eigenvalue weighted by Crippen LogP contribution is -2.53. The standard InChI is InChI=1S/C31H39N3O5/c1-6-22-12-10-11-15-25(22)27(28(36)32-23-13-8-7-9-14-23)34(5)29(37)26(33-30(38)39-31(2,3)4)20-21-16-18-24(35)19-17-21/h1,10-12,15-19,23,26-27,35H,7-9,13-14,20H2,2-5H3,(H,32,36)(H,33,38). The number of carbonyl (C=O) groups excluding carboxylic acids is 3. The third kappa shape index (κ3) is 8.51. The second-order valence-electron chi connectivity index (χ2n) is 11.0. The third-order valence-electron chi connectivity index (χ3n) is 6.71. The number of likely N-dealkylation sites (N-methyl/N-ethyl adjacent to an activating group) is 1. The van der Waals surface area contributed by atoms with E-state index in [0.29, 0.717) is 16.7 Å². The van der Waals surface area contributed by atoms with E-state index in [4.69, 9.17) is 11.2 Å². The van der Waals surface area contributed by atoms with Gasteiger partial charge in [-0.25, -0.2) is 4.79 Å². The molecule has 0 spiro atoms. The van der Waals surface area contributed by atoms with Crippen LogP contribution in [0.2, 0.25) is 0 Å². The second kappa shape index (κ2) is 13.2. The van der Waals surface area contributed by atoms with Crippen molar-refractivity contribution in [3.05, 3.63) is 65.2 Å². The molecule has 1 aliphatic rings. The molecule has 0 heterocycles. The van der Waals surface area contributed by atoms with Gasteiger partial charge in [-0.05, 0) is 62.9 Å². The molecule has 208 valence electrons. The number of amides is 3. The molecule has 0 radical (unpaired) electrons. The van der Waals surface area contributed by atoms with Crippen LogP contribution >= 0.6 is 0 Å². The molecule has 0 saturated heterocycles. The van der Waals surface area contributed by atoms with Crippen molar-refractivity contribution in [2.45, 2.75) is 83.0 Å². The summed E-state index contributed by atoms with van der Waals surface area (Å²) in [7, 11) is 1.54. The monoisotopic (exact) mass is 533 g/mol. The molecule has 1 aliphatic carbocycles. The molecule has 3 N–H and O–H groups in total. The number of nitrogens with one attached hydrogen (secondary N) is 2. The number of terminal acetylenes is 1. The first kappa shape index (κ1) is 29.6. The molecular weight excluding hydrogens is 494 g/mol. The minimum absolute atomic E-state index is 0.0305. The molecule has 1 saturated carbocycles. The van der Waals surface area contributed by atoms with Gasteiger partial charge in [0.2, 0.25) is 11.8 Å². The molecule has 3 amide bonds. The Bertz CT molecular complexity index is 1190. The summed E-state index contributed by atoms with van der Waals surface area (Å²) >= 11 is 0. The van der Waals surface area contributed by atoms with Crippen LogP contribution in [0.25, 0.3) is 0 Å². The summed E-state index contributed by atoms with van der Waals surface area (Å²) in [4.78, 5) is 41.8. The molecular formula is C31H39N3O5. The molecule has 0 bridgehead atoms. The summed E-state index contributed by atoms with van der Waals surface area (Å²) in [5.74, 6) is 1.92. The van der Waals surface area contributed by atoms with Gasteiger partial charge < -0.3 is 25.4 Å². The first-order valence-corrected chi connectivity index (χ1v) is 13.4. The van der Waals surface area contributed by atoms with Crippen LogP contribution in [0.4, 0.5) is 4.79 Å². The van der Waals surface area contributed by atoms with Crippen molar-refractivity contribution >= 4 is 17.9 Å². The van der Waals surface area contributed by atoms with Gasteiger partial charge >= 0.3 is 6.09 Å². The normalized spacial score (nSPS) is 15.4. The van der Waals surface area contributed by atoms with E-state index in [9.17, 15) is 19.5 Å². The van der Waals surface area contributed by atoms with E-state index < -0.39 is 29.7 Å². The average molecular weight is 534 g/mol. The van der Waals surface area contributed by atoms with Gasteiger partial charge in [0.25, 0.3) is 0 Å². The van der Waals surface area contributed by atoms with Crippen molar-refractivity contribution in [2.24, 2.45) is 0 Å². The zero-order valence-corrected chi connectivity index (χ0v) is 23.2. The lowest BCUT2D eigenvalue weighted by atomic mass is 9.93. The zero-order chi connectivity index (χ0) is 28.6. The number of nitrogens with zero attached hydrogens (tertiary/aromatic N) is 1. The highest BCUT2D eigenvalue weighted by molar-refractivity contribution is 5.92. The van der Waals surface area contributed by atoms with E-state index in [2.05, 4.69) is 16.6 Å². The van der Waals surface area contributed by atoms with Gasteiger partial charge in [-0.2, -0.15) is 0 Å². The number of phenolic OH excluding ortho intramolecular Hbond substituents is 1. The Morgan fingerprint density at radius 2 is 1.72 bits per heavy atom. The highest BCUT2D eigenvalue weighted by Crippen LogP contribution is 2.26. The van der Waals surface area contributed by atoms with Crippen LogP contribution in [0, 0.1) is 12.3 Å². The number of ether oxygens (including phenoxy) is 1. The second-order valence-corrected chi connectivity index (χ2v) is 11.0. The predicted octanol–water partition coefficient (Wildman–Crippen LogP) is 4.46. The molecule has 2 aromatic rings. The summed E-state index contributed by atoms with van der Waals surface area (Å²) < 4.78 is 5.42. The zero-order valence-electron chi connectivity index (χ0n) is 23.2. The summed E-state index contributed by atoms with van der Waals surface area (Å²) in [6, 6.07) is 11.4. The minimum Gasteiger partial charge on any atom is -0.508 e. The molecule has 2 aromatic carbocycles. The average Bonchev–Trinajstić information content (AvgIpc) is 2.89. The largest absolute Gasteiger partial charge is 0.508 e. The van der Waals surface area contributed by atoms with Crippen LogP contribution < -0.4 is 10.6 Å². The fourth-order valence-corrected chi connectivity index (χ4v) is 4.81. The topological polar surface area (TPSA) is 108 Å². The highest BCUT2D eigenvalue weighted by atomic mass is 16.6. The van der Waals surface area contributed by atoms with Gasteiger partial charge in [-0.3, -0.25) is 9.59 Å². The smallest absolute Gasteiger partial charge is 0.408 e. The molecule has 2 unspecified atom stereocenters. The van der Waals surface area contributed by atoms with Crippen LogP contribution in [0.15, 0.2) is 48.5 Å². The van der Waals surface area contributed by atoms with Gasteiger partial charge in [0.1, 0.15) is 23.4 Å². The van der Waals surface area contributed by atoms with Gasteiger partial charge in [0.05, 0.1) is 0 Å². The van der Waals surface area contributed by atoms with E-state index in [1.165, 1.54) is 17.0 Å². The maximum absolute atomic E-state index is 14.0. The van der Waals surface area contributed by atoms with Crippen molar-refractivity contribution in [3.63, 3.8) is 0 Å². The van der Waals surface area contributed by atoms with Crippen LogP contribution in [0.1, 0.15) is 75.6 Å². The van der Waals surface area contributed by atoms with Crippen molar-refractivity contribution in [1.82, 2.24) is 15.5 Å². The number of hydrogen-bond donors (Lipinski definition) is 3. The Morgan fingerprint density at radius 3 is 2.33 bits per heavy atom. The predicted molar refractivity (Wildman–Crippen MR) is 150 cm³/mol. The summed E-state index contributed by atoms with van der Waals surface area (Å²) in [5.41, 5.74) is 0.986. The van der Waals surface area contributed by atoms with Crippen molar-refractivity contribution in [2.75, 3.05) is 7.05 Å². The molecule has 0 aliphatic heterocycles. The van der Waals surface area contributed by atoms with Crippen LogP contribution in [0.5, 0.6) is 5.75 Å². The van der Waals surface area contributed by atoms with Gasteiger partial charge in [0.15, 0.2) is 0 Å². The first-order chi connectivity index (χ1) is 18.5. The summed E-state index contributed by atoms with van der Waals surface area (Å²) in [6.45, 7) is 5.20. The Labute approximate surface area is 231 Å². The number of rotatable bonds is 8. The molecule has 39 heavy (non-hydrogen) atoms. The first-order valence-electron chi connectivity index (χ1n) is 13.4. The van der Waals surface area contributed by atoms with Gasteiger partial charge in [-0.1, -0.05) is 55.5 Å². The molecule has 8 heteroatoms. The quantitative estimate of drug-likeness (QED) is 0.435. The van der Waals surface area contributed by atoms with Crippen molar-refractivity contribution in [3.8, 4) is 18.1 Å². The van der Waals surface area contributed by atoms with Crippen LogP contribution in [-0.4, -0.2) is 52.6 Å². The lowest BCUT2D eigenvalue weighted by Gasteiger charge is -2.33. The third-order valence-corrected chi connectivity index (χ3v) is 6.71. The lowest BCUT2D eigenvalue weighted by molar-refractivity contribution is -0.141. The number of aromatic hydroxyl groups is 1. The molecule has 1 fully saturated rings. The van der Waals surface area contributed by atoms with Gasteiger partial charge in [0, 0.05) is 25.1 Å². The van der Waals surface area contributed by atoms with Crippen molar-refractivity contribution in [1.29, 1.82) is 0 Å². The Kier molecular flexibility index (Phi) is 10.00. The van der Waals surface area contributed by atoms with Gasteiger partial charge in [-0.15, -0.1) is 6.42 Å². The number of benzene rings is 2. The van der Waals surface area contributed by atoms with E-state index >= 15 is 0 Å². The number of alkyl carbamates (subject to hydrolysis) is 1. The Morgan fingerprint density at radius 1 is 1.08 bits per heavy atom. The number of hydrogen-bond acceptors (Lipinski definition) is 5. The fourth-order valence-electron chi connectivity index (χ4n) is 4.81. The SMILES string of the molecule is C#Cc1ccccc1C(C(=O)NC1CCCCC1)N(C)C(=O)C(Cc1ccc(O)cc1)NC(=O)OC(C)(C)C. The number of phenols is 1. The molecule has 3 rings (SSSR count). The Hall–Kier alpha value is -3.99. The summed E-state index contributed by atoms with van der Waals surface area (Å²) in [6.07, 6.45) is 10.1. The highest BCUT2D eigenvalue weighted by Gasteiger charge is 2.36. The van der Waals surface area contributed by atoms with Crippen molar-refractivity contribution < 1.29 is 24.2 Å². The maximum atomic E-state index is 14.0. The maximum Gasteiger partial charge on any atom is 0.408 e. The molecule has 0 aromatic heterocycles. The van der Waals surface area contributed by atoms with Crippen LogP contribution in [-0.2, 0) is 20.7 Å². The molecule has 2 atom stereocenters. The van der Waals surface area contributed by atoms with E-state index in [1.807, 2.05) is 0 Å². The summed E-state index contributed by atoms with van der Waals surface area (Å²) in [5, 5.41) is 15.5.